The van der Waals surface area contributed by atoms with Crippen molar-refractivity contribution >= 4 is 38.8 Å². The molecule has 4 rings (SSSR count). The summed E-state index contributed by atoms with van der Waals surface area (Å²) in [5.41, 5.74) is 1.75. The number of hydrogen-bond donors (Lipinski definition) is 4. The van der Waals surface area contributed by atoms with Gasteiger partial charge in [-0.05, 0) is 88.6 Å². The number of fused-ring (bicyclic) bond motifs is 1. The fraction of sp³-hybridized carbons (Fsp3) is 0.483. The van der Waals surface area contributed by atoms with E-state index in [2.05, 4.69) is 30.9 Å². The smallest absolute Gasteiger partial charge is 0.426 e. The summed E-state index contributed by atoms with van der Waals surface area (Å²) < 4.78 is 112. The summed E-state index contributed by atoms with van der Waals surface area (Å²) in [5.74, 6) is 0.655. The highest BCUT2D eigenvalue weighted by Gasteiger charge is 2.38. The van der Waals surface area contributed by atoms with Gasteiger partial charge >= 0.3 is 18.4 Å². The second-order valence-electron chi connectivity index (χ2n) is 12.0. The third-order valence-electron chi connectivity index (χ3n) is 7.23. The SMILES string of the molecule is CC(C)(C)OC(=O)NNc1nc(NC[C@H]2CC[C@H](CNS(=O)(=O)c3cc(C(F)(F)F)cc(C(F)(F)F)c3)CC2)nc2ccccc12. The van der Waals surface area contributed by atoms with Crippen LogP contribution in [0.4, 0.5) is 42.9 Å². The van der Waals surface area contributed by atoms with Gasteiger partial charge in [0.15, 0.2) is 5.82 Å². The van der Waals surface area contributed by atoms with E-state index in [1.165, 1.54) is 0 Å². The zero-order valence-corrected chi connectivity index (χ0v) is 26.0. The van der Waals surface area contributed by atoms with Crippen LogP contribution in [0.3, 0.4) is 0 Å². The molecule has 1 fully saturated rings. The number of para-hydroxylation sites is 1. The Morgan fingerprint density at radius 2 is 1.43 bits per heavy atom. The minimum absolute atomic E-state index is 0.116. The fourth-order valence-corrected chi connectivity index (χ4v) is 6.12. The van der Waals surface area contributed by atoms with Gasteiger partial charge in [0.25, 0.3) is 0 Å². The number of nitrogens with zero attached hydrogens (tertiary/aromatic N) is 2. The molecule has 10 nitrogen and oxygen atoms in total. The van der Waals surface area contributed by atoms with Gasteiger partial charge in [-0.2, -0.15) is 31.3 Å². The maximum absolute atomic E-state index is 13.2. The van der Waals surface area contributed by atoms with Crippen LogP contribution in [-0.4, -0.2) is 43.2 Å². The van der Waals surface area contributed by atoms with E-state index in [1.807, 2.05) is 6.07 Å². The average molecular weight is 677 g/mol. The Balaban J connectivity index is 1.33. The number of benzene rings is 2. The molecule has 0 spiro atoms. The molecule has 1 aliphatic carbocycles. The number of alkyl halides is 6. The first kappa shape index (κ1) is 35.0. The molecule has 46 heavy (non-hydrogen) atoms. The van der Waals surface area contributed by atoms with Crippen molar-refractivity contribution in [1.82, 2.24) is 20.1 Å². The van der Waals surface area contributed by atoms with E-state index in [4.69, 9.17) is 4.74 Å². The number of carbonyl (C=O) groups is 1. The summed E-state index contributed by atoms with van der Waals surface area (Å²) >= 11 is 0. The summed E-state index contributed by atoms with van der Waals surface area (Å²) in [6.45, 7) is 5.56. The van der Waals surface area contributed by atoms with E-state index in [-0.39, 0.29) is 36.6 Å². The van der Waals surface area contributed by atoms with Crippen molar-refractivity contribution in [3.63, 3.8) is 0 Å². The molecule has 1 saturated carbocycles. The van der Waals surface area contributed by atoms with Crippen LogP contribution in [0.5, 0.6) is 0 Å². The van der Waals surface area contributed by atoms with Crippen LogP contribution in [0.1, 0.15) is 57.6 Å². The lowest BCUT2D eigenvalue weighted by molar-refractivity contribution is -0.143. The van der Waals surface area contributed by atoms with Crippen molar-refractivity contribution in [3.8, 4) is 0 Å². The van der Waals surface area contributed by atoms with E-state index in [0.717, 1.165) is 0 Å². The molecule has 4 N–H and O–H groups in total. The van der Waals surface area contributed by atoms with Gasteiger partial charge in [0.05, 0.1) is 21.5 Å². The molecule has 0 aliphatic heterocycles. The maximum atomic E-state index is 13.2. The lowest BCUT2D eigenvalue weighted by Crippen LogP contribution is -2.36. The first-order valence-corrected chi connectivity index (χ1v) is 15.8. The Hall–Kier alpha value is -3.86. The lowest BCUT2D eigenvalue weighted by Gasteiger charge is -2.28. The van der Waals surface area contributed by atoms with Crippen molar-refractivity contribution in [2.75, 3.05) is 23.8 Å². The predicted molar refractivity (Wildman–Crippen MR) is 158 cm³/mol. The van der Waals surface area contributed by atoms with Crippen LogP contribution in [0.2, 0.25) is 0 Å². The summed E-state index contributed by atoms with van der Waals surface area (Å²) in [7, 11) is -4.65. The number of amides is 1. The van der Waals surface area contributed by atoms with Crippen LogP contribution >= 0.6 is 0 Å². The number of hydrogen-bond acceptors (Lipinski definition) is 8. The van der Waals surface area contributed by atoms with Crippen molar-refractivity contribution in [1.29, 1.82) is 0 Å². The number of aromatic nitrogens is 2. The Labute approximate surface area is 261 Å². The van der Waals surface area contributed by atoms with Gasteiger partial charge in [-0.1, -0.05) is 12.1 Å². The maximum Gasteiger partial charge on any atom is 0.426 e. The van der Waals surface area contributed by atoms with E-state index in [9.17, 15) is 39.6 Å². The largest absolute Gasteiger partial charge is 0.443 e. The van der Waals surface area contributed by atoms with Gasteiger partial charge in [-0.15, -0.1) is 0 Å². The quantitative estimate of drug-likeness (QED) is 0.145. The summed E-state index contributed by atoms with van der Waals surface area (Å²) in [5, 5.41) is 3.86. The number of halogens is 6. The number of sulfonamides is 1. The highest BCUT2D eigenvalue weighted by Crippen LogP contribution is 2.37. The number of carbonyl (C=O) groups excluding carboxylic acids is 1. The Morgan fingerprint density at radius 1 is 0.870 bits per heavy atom. The summed E-state index contributed by atoms with van der Waals surface area (Å²) in [6, 6.07) is 7.46. The topological polar surface area (TPSA) is 134 Å². The second-order valence-corrected chi connectivity index (χ2v) is 13.8. The Morgan fingerprint density at radius 3 is 2.00 bits per heavy atom. The average Bonchev–Trinajstić information content (AvgIpc) is 2.96. The van der Waals surface area contributed by atoms with E-state index in [1.54, 1.807) is 39.0 Å². The Bertz CT molecular complexity index is 1620. The zero-order chi connectivity index (χ0) is 33.9. The lowest BCUT2D eigenvalue weighted by atomic mass is 9.82. The first-order valence-electron chi connectivity index (χ1n) is 14.3. The molecule has 0 unspecified atom stereocenters. The van der Waals surface area contributed by atoms with E-state index < -0.39 is 50.1 Å². The molecule has 3 aromatic rings. The molecule has 0 saturated heterocycles. The number of hydrazine groups is 1. The van der Waals surface area contributed by atoms with Crippen LogP contribution < -0.4 is 20.9 Å². The third kappa shape index (κ3) is 9.57. The van der Waals surface area contributed by atoms with Gasteiger partial charge in [-0.25, -0.2) is 28.3 Å². The number of nitrogens with one attached hydrogen (secondary N) is 4. The van der Waals surface area contributed by atoms with E-state index in [0.29, 0.717) is 54.9 Å². The van der Waals surface area contributed by atoms with Crippen molar-refractivity contribution in [3.05, 3.63) is 53.6 Å². The van der Waals surface area contributed by atoms with E-state index >= 15 is 0 Å². The molecular formula is C29H34F6N6O4S. The van der Waals surface area contributed by atoms with Gasteiger partial charge in [-0.3, -0.25) is 5.43 Å². The standard InChI is InChI=1S/C29H34F6N6O4S/c1-27(2,3)45-26(42)41-40-24-22-6-4-5-7-23(22)38-25(39-24)36-15-17-8-10-18(11-9-17)16-37-46(43,44)21-13-19(28(30,31)32)12-20(14-21)29(33,34)35/h4-7,12-14,17-18,37H,8-11,15-16H2,1-3H3,(H,41,42)(H2,36,38,39,40)/t17-,18-. The molecule has 17 heteroatoms. The highest BCUT2D eigenvalue weighted by molar-refractivity contribution is 7.89. The van der Waals surface area contributed by atoms with Crippen molar-refractivity contribution in [2.24, 2.45) is 11.8 Å². The number of rotatable bonds is 9. The molecule has 252 valence electrons. The summed E-state index contributed by atoms with van der Waals surface area (Å²) in [6.07, 6.45) is -8.49. The van der Waals surface area contributed by atoms with Crippen molar-refractivity contribution < 1.29 is 44.3 Å². The normalized spacial score (nSPS) is 17.8. The first-order chi connectivity index (χ1) is 21.3. The van der Waals surface area contributed by atoms with Crippen LogP contribution in [0.25, 0.3) is 10.9 Å². The van der Waals surface area contributed by atoms with Gasteiger partial charge in [0, 0.05) is 18.5 Å². The molecule has 0 atom stereocenters. The minimum atomic E-state index is -5.16. The Kier molecular flexibility index (Phi) is 10.3. The van der Waals surface area contributed by atoms with Crippen molar-refractivity contribution in [2.45, 2.75) is 69.3 Å². The minimum Gasteiger partial charge on any atom is -0.443 e. The molecule has 1 aliphatic rings. The number of anilines is 2. The molecule has 1 heterocycles. The monoisotopic (exact) mass is 676 g/mol. The molecule has 1 amide bonds. The van der Waals surface area contributed by atoms with Gasteiger partial charge in [0.2, 0.25) is 16.0 Å². The summed E-state index contributed by atoms with van der Waals surface area (Å²) in [4.78, 5) is 20.0. The van der Waals surface area contributed by atoms with Gasteiger partial charge in [0.1, 0.15) is 5.60 Å². The number of ether oxygens (including phenoxy) is 1. The highest BCUT2D eigenvalue weighted by atomic mass is 32.2. The van der Waals surface area contributed by atoms with Crippen LogP contribution in [0, 0.1) is 11.8 Å². The molecule has 0 radical (unpaired) electrons. The van der Waals surface area contributed by atoms with Gasteiger partial charge < -0.3 is 10.1 Å². The molecule has 0 bridgehead atoms. The van der Waals surface area contributed by atoms with Crippen LogP contribution in [0.15, 0.2) is 47.4 Å². The molecule has 1 aromatic heterocycles. The predicted octanol–water partition coefficient (Wildman–Crippen LogP) is 6.72. The third-order valence-corrected chi connectivity index (χ3v) is 8.64. The zero-order valence-electron chi connectivity index (χ0n) is 25.1. The fourth-order valence-electron chi connectivity index (χ4n) is 4.93. The molecular weight excluding hydrogens is 642 g/mol. The molecule has 2 aromatic carbocycles. The van der Waals surface area contributed by atoms with Crippen LogP contribution in [-0.2, 0) is 27.1 Å². The second kappa shape index (κ2) is 13.5.